The summed E-state index contributed by atoms with van der Waals surface area (Å²) in [4.78, 5) is 11.8. The van der Waals surface area contributed by atoms with Crippen molar-refractivity contribution in [2.75, 3.05) is 44.7 Å². The van der Waals surface area contributed by atoms with Gasteiger partial charge in [-0.25, -0.2) is 12.8 Å². The molecule has 2 saturated heterocycles. The van der Waals surface area contributed by atoms with Gasteiger partial charge in [-0.05, 0) is 56.5 Å². The van der Waals surface area contributed by atoms with Crippen LogP contribution in [0.2, 0.25) is 0 Å². The Morgan fingerprint density at radius 2 is 1.96 bits per heavy atom. The van der Waals surface area contributed by atoms with Gasteiger partial charge >= 0.3 is 0 Å². The van der Waals surface area contributed by atoms with Crippen molar-refractivity contribution in [1.82, 2.24) is 9.62 Å². The zero-order valence-electron chi connectivity index (χ0n) is 15.2. The summed E-state index contributed by atoms with van der Waals surface area (Å²) < 4.78 is 45.9. The number of halogens is 1. The second kappa shape index (κ2) is 9.09. The van der Waals surface area contributed by atoms with E-state index in [9.17, 15) is 17.6 Å². The summed E-state index contributed by atoms with van der Waals surface area (Å²) in [5, 5.41) is 5.99. The topological polar surface area (TPSA) is 87.7 Å². The third kappa shape index (κ3) is 5.25. The van der Waals surface area contributed by atoms with Gasteiger partial charge in [0.15, 0.2) is 0 Å². The molecule has 2 aliphatic rings. The Bertz CT molecular complexity index is 760. The van der Waals surface area contributed by atoms with Crippen molar-refractivity contribution in [1.29, 1.82) is 0 Å². The van der Waals surface area contributed by atoms with Gasteiger partial charge in [0.1, 0.15) is 10.7 Å². The second-order valence-corrected chi connectivity index (χ2v) is 8.85. The van der Waals surface area contributed by atoms with Gasteiger partial charge in [0.05, 0.1) is 13.2 Å². The lowest BCUT2D eigenvalue weighted by Crippen LogP contribution is -2.40. The minimum absolute atomic E-state index is 0.185. The van der Waals surface area contributed by atoms with Gasteiger partial charge in [-0.15, -0.1) is 0 Å². The summed E-state index contributed by atoms with van der Waals surface area (Å²) in [5.41, 5.74) is 0.290. The summed E-state index contributed by atoms with van der Waals surface area (Å²) in [6, 6.07) is 3.66. The van der Waals surface area contributed by atoms with Crippen LogP contribution in [0.5, 0.6) is 0 Å². The molecule has 0 aromatic heterocycles. The number of nitrogens with one attached hydrogen (secondary N) is 2. The average molecular weight is 399 g/mol. The van der Waals surface area contributed by atoms with Crippen molar-refractivity contribution in [2.24, 2.45) is 5.92 Å². The Balaban J connectivity index is 1.64. The molecule has 9 heteroatoms. The van der Waals surface area contributed by atoms with Crippen LogP contribution in [-0.4, -0.2) is 58.0 Å². The standard InChI is InChI=1S/C18H26FN3O4S/c19-16-3-2-15(21-18(23)4-1-14-5-7-20-8-6-14)13-17(16)27(24,25)22-9-11-26-12-10-22/h2-3,13-14,20H,1,4-12H2,(H,21,23). The van der Waals surface area contributed by atoms with E-state index < -0.39 is 20.7 Å². The van der Waals surface area contributed by atoms with Crippen LogP contribution in [0.1, 0.15) is 25.7 Å². The molecule has 0 spiro atoms. The molecule has 1 amide bonds. The summed E-state index contributed by atoms with van der Waals surface area (Å²) in [6.07, 6.45) is 3.29. The van der Waals surface area contributed by atoms with E-state index >= 15 is 0 Å². The molecule has 2 aliphatic heterocycles. The Labute approximate surface area is 159 Å². The Morgan fingerprint density at radius 1 is 1.26 bits per heavy atom. The first-order valence-electron chi connectivity index (χ1n) is 9.35. The molecule has 150 valence electrons. The largest absolute Gasteiger partial charge is 0.379 e. The van der Waals surface area contributed by atoms with Crippen LogP contribution in [0.15, 0.2) is 23.1 Å². The first kappa shape index (κ1) is 20.2. The monoisotopic (exact) mass is 399 g/mol. The van der Waals surface area contributed by atoms with Crippen LogP contribution < -0.4 is 10.6 Å². The number of anilines is 1. The first-order valence-corrected chi connectivity index (χ1v) is 10.8. The maximum atomic E-state index is 14.2. The fourth-order valence-corrected chi connectivity index (χ4v) is 4.93. The van der Waals surface area contributed by atoms with Crippen molar-refractivity contribution in [2.45, 2.75) is 30.6 Å². The van der Waals surface area contributed by atoms with Crippen molar-refractivity contribution in [3.8, 4) is 0 Å². The SMILES string of the molecule is O=C(CCC1CCNCC1)Nc1ccc(F)c(S(=O)(=O)N2CCOCC2)c1. The predicted molar refractivity (Wildman–Crippen MR) is 99.4 cm³/mol. The number of hydrogen-bond acceptors (Lipinski definition) is 5. The Morgan fingerprint density at radius 3 is 2.67 bits per heavy atom. The number of carbonyl (C=O) groups excluding carboxylic acids is 1. The van der Waals surface area contributed by atoms with Crippen molar-refractivity contribution in [3.05, 3.63) is 24.0 Å². The molecule has 0 radical (unpaired) electrons. The van der Waals surface area contributed by atoms with Crippen molar-refractivity contribution in [3.63, 3.8) is 0 Å². The van der Waals surface area contributed by atoms with Crippen LogP contribution in [0.25, 0.3) is 0 Å². The Hall–Kier alpha value is -1.55. The quantitative estimate of drug-likeness (QED) is 0.758. The molecule has 0 bridgehead atoms. The van der Waals surface area contributed by atoms with Crippen molar-refractivity contribution < 1.29 is 22.3 Å². The van der Waals surface area contributed by atoms with E-state index in [2.05, 4.69) is 10.6 Å². The minimum atomic E-state index is -3.96. The molecule has 0 atom stereocenters. The fourth-order valence-electron chi connectivity index (χ4n) is 3.43. The molecular formula is C18H26FN3O4S. The zero-order chi connectivity index (χ0) is 19.3. The van der Waals surface area contributed by atoms with Crippen LogP contribution in [0.4, 0.5) is 10.1 Å². The third-order valence-corrected chi connectivity index (χ3v) is 6.95. The normalized spacial score (nSPS) is 19.7. The van der Waals surface area contributed by atoms with Gasteiger partial charge in [0.25, 0.3) is 0 Å². The molecular weight excluding hydrogens is 373 g/mol. The molecule has 3 rings (SSSR count). The smallest absolute Gasteiger partial charge is 0.246 e. The Kier molecular flexibility index (Phi) is 6.80. The van der Waals surface area contributed by atoms with Crippen LogP contribution >= 0.6 is 0 Å². The average Bonchev–Trinajstić information content (AvgIpc) is 2.69. The predicted octanol–water partition coefficient (Wildman–Crippen LogP) is 1.56. The van der Waals surface area contributed by atoms with Gasteiger partial charge < -0.3 is 15.4 Å². The molecule has 1 aromatic carbocycles. The highest BCUT2D eigenvalue weighted by molar-refractivity contribution is 7.89. The van der Waals surface area contributed by atoms with Gasteiger partial charge in [0, 0.05) is 25.2 Å². The van der Waals surface area contributed by atoms with E-state index in [1.165, 1.54) is 16.4 Å². The summed E-state index contributed by atoms with van der Waals surface area (Å²) in [5.74, 6) is -0.480. The molecule has 0 aliphatic carbocycles. The van der Waals surface area contributed by atoms with E-state index in [0.29, 0.717) is 18.0 Å². The number of benzene rings is 1. The van der Waals surface area contributed by atoms with Gasteiger partial charge in [-0.2, -0.15) is 4.31 Å². The highest BCUT2D eigenvalue weighted by Crippen LogP contribution is 2.24. The molecule has 2 N–H and O–H groups in total. The number of ether oxygens (including phenoxy) is 1. The summed E-state index contributed by atoms with van der Waals surface area (Å²) in [7, 11) is -3.96. The lowest BCUT2D eigenvalue weighted by Gasteiger charge is -2.26. The molecule has 27 heavy (non-hydrogen) atoms. The molecule has 7 nitrogen and oxygen atoms in total. The van der Waals surface area contributed by atoms with E-state index in [1.54, 1.807) is 0 Å². The summed E-state index contributed by atoms with van der Waals surface area (Å²) >= 11 is 0. The van der Waals surface area contributed by atoms with Gasteiger partial charge in [-0.1, -0.05) is 0 Å². The van der Waals surface area contributed by atoms with E-state index in [0.717, 1.165) is 38.4 Å². The lowest BCUT2D eigenvalue weighted by atomic mass is 9.93. The molecule has 0 saturated carbocycles. The number of nitrogens with zero attached hydrogens (tertiary/aromatic N) is 1. The molecule has 2 fully saturated rings. The van der Waals surface area contributed by atoms with Crippen LogP contribution in [0.3, 0.4) is 0 Å². The van der Waals surface area contributed by atoms with E-state index in [-0.39, 0.29) is 32.2 Å². The highest BCUT2D eigenvalue weighted by atomic mass is 32.2. The number of rotatable bonds is 6. The number of piperidine rings is 1. The first-order chi connectivity index (χ1) is 13.0. The van der Waals surface area contributed by atoms with E-state index in [1.807, 2.05) is 0 Å². The van der Waals surface area contributed by atoms with Gasteiger partial charge in [-0.3, -0.25) is 4.79 Å². The molecule has 0 unspecified atom stereocenters. The summed E-state index contributed by atoms with van der Waals surface area (Å²) in [6.45, 7) is 2.91. The van der Waals surface area contributed by atoms with Crippen LogP contribution in [-0.2, 0) is 19.6 Å². The van der Waals surface area contributed by atoms with E-state index in [4.69, 9.17) is 4.74 Å². The minimum Gasteiger partial charge on any atom is -0.379 e. The maximum Gasteiger partial charge on any atom is 0.246 e. The zero-order valence-corrected chi connectivity index (χ0v) is 16.1. The molecule has 2 heterocycles. The third-order valence-electron chi connectivity index (χ3n) is 5.04. The number of carbonyl (C=O) groups is 1. The lowest BCUT2D eigenvalue weighted by molar-refractivity contribution is -0.116. The van der Waals surface area contributed by atoms with Crippen molar-refractivity contribution >= 4 is 21.6 Å². The number of amides is 1. The maximum absolute atomic E-state index is 14.2. The van der Waals surface area contributed by atoms with Gasteiger partial charge in [0.2, 0.25) is 15.9 Å². The second-order valence-electron chi connectivity index (χ2n) is 6.94. The highest BCUT2D eigenvalue weighted by Gasteiger charge is 2.29. The molecule has 1 aromatic rings. The number of sulfonamides is 1. The van der Waals surface area contributed by atoms with Crippen LogP contribution in [0, 0.1) is 11.7 Å². The fraction of sp³-hybridized carbons (Fsp3) is 0.611. The number of hydrogen-bond donors (Lipinski definition) is 2. The number of morpholine rings is 1.